The van der Waals surface area contributed by atoms with Gasteiger partial charge in [0.1, 0.15) is 0 Å². The molecule has 0 atom stereocenters. The molecule has 1 aromatic carbocycles. The molecule has 21 heavy (non-hydrogen) atoms. The first kappa shape index (κ1) is 16.6. The van der Waals surface area contributed by atoms with Gasteiger partial charge in [0, 0.05) is 18.9 Å². The van der Waals surface area contributed by atoms with E-state index in [1.807, 2.05) is 36.4 Å². The van der Waals surface area contributed by atoms with Gasteiger partial charge in [-0.25, -0.2) is 0 Å². The van der Waals surface area contributed by atoms with Crippen molar-refractivity contribution in [1.29, 1.82) is 0 Å². The molecule has 0 fully saturated rings. The fraction of sp³-hybridized carbons (Fsp3) is 0.222. The van der Waals surface area contributed by atoms with Crippen LogP contribution in [0.2, 0.25) is 0 Å². The highest BCUT2D eigenvalue weighted by Gasteiger charge is 2.15. The average Bonchev–Trinajstić information content (AvgIpc) is 2.48. The molecular weight excluding hydrogens is 264 g/mol. The first-order chi connectivity index (χ1) is 10.1. The lowest BCUT2D eigenvalue weighted by Crippen LogP contribution is -2.09. The average molecular weight is 284 g/mol. The van der Waals surface area contributed by atoms with Crippen LogP contribution in [0.15, 0.2) is 61.2 Å². The Bertz CT molecular complexity index is 553. The molecular formula is C18H20O3. The van der Waals surface area contributed by atoms with E-state index in [1.54, 1.807) is 6.08 Å². The number of hydrogen-bond acceptors (Lipinski definition) is 3. The van der Waals surface area contributed by atoms with Gasteiger partial charge in [-0.3, -0.25) is 9.59 Å². The summed E-state index contributed by atoms with van der Waals surface area (Å²) in [6.45, 7) is 8.97. The number of rotatable bonds is 8. The first-order valence-electron chi connectivity index (χ1n) is 6.78. The van der Waals surface area contributed by atoms with E-state index < -0.39 is 0 Å². The Kier molecular flexibility index (Phi) is 6.88. The molecule has 3 heteroatoms. The van der Waals surface area contributed by atoms with E-state index >= 15 is 0 Å². The zero-order chi connectivity index (χ0) is 15.7. The minimum Gasteiger partial charge on any atom is -0.466 e. The molecule has 1 rings (SSSR count). The van der Waals surface area contributed by atoms with Gasteiger partial charge in [0.15, 0.2) is 5.78 Å². The molecule has 3 nitrogen and oxygen atoms in total. The number of ether oxygens (including phenoxy) is 1. The van der Waals surface area contributed by atoms with Crippen molar-refractivity contribution >= 4 is 17.3 Å². The molecule has 110 valence electrons. The van der Waals surface area contributed by atoms with Crippen molar-refractivity contribution in [3.63, 3.8) is 0 Å². The standard InChI is InChI=1S/C18H20O3/c1-4-5-11-17(16-9-7-6-8-10-16)18(20)14(2)12-13-21-15(3)19/h4,6-11H,1-2,5,12-13H2,3H3/b17-11+. The minimum atomic E-state index is -0.360. The minimum absolute atomic E-state index is 0.129. The maximum Gasteiger partial charge on any atom is 0.302 e. The van der Waals surface area contributed by atoms with Crippen LogP contribution in [0.3, 0.4) is 0 Å². The number of carbonyl (C=O) groups excluding carboxylic acids is 2. The molecule has 1 aromatic rings. The number of esters is 1. The molecule has 0 unspecified atom stereocenters. The lowest BCUT2D eigenvalue weighted by Gasteiger charge is -2.09. The Morgan fingerprint density at radius 3 is 2.48 bits per heavy atom. The molecule has 0 N–H and O–H groups in total. The van der Waals surface area contributed by atoms with Crippen LogP contribution in [0.1, 0.15) is 25.3 Å². The molecule has 0 saturated carbocycles. The fourth-order valence-electron chi connectivity index (χ4n) is 1.78. The Morgan fingerprint density at radius 2 is 1.90 bits per heavy atom. The van der Waals surface area contributed by atoms with Crippen LogP contribution in [0.4, 0.5) is 0 Å². The third-order valence-electron chi connectivity index (χ3n) is 2.85. The van der Waals surface area contributed by atoms with Crippen LogP contribution in [0.25, 0.3) is 5.57 Å². The van der Waals surface area contributed by atoms with E-state index in [1.165, 1.54) is 6.92 Å². The summed E-state index contributed by atoms with van der Waals surface area (Å²) in [5.41, 5.74) is 1.87. The highest BCUT2D eigenvalue weighted by atomic mass is 16.5. The molecule has 0 spiro atoms. The third kappa shape index (κ3) is 5.61. The zero-order valence-corrected chi connectivity index (χ0v) is 12.3. The van der Waals surface area contributed by atoms with E-state index in [9.17, 15) is 9.59 Å². The molecule has 0 amide bonds. The Morgan fingerprint density at radius 1 is 1.24 bits per heavy atom. The smallest absolute Gasteiger partial charge is 0.302 e. The van der Waals surface area contributed by atoms with Crippen LogP contribution >= 0.6 is 0 Å². The van der Waals surface area contributed by atoms with Crippen LogP contribution in [-0.2, 0) is 14.3 Å². The molecule has 0 bridgehead atoms. The topological polar surface area (TPSA) is 43.4 Å². The SMILES string of the molecule is C=CC/C=C(/C(=O)C(=C)CCOC(C)=O)c1ccccc1. The van der Waals surface area contributed by atoms with Gasteiger partial charge >= 0.3 is 5.97 Å². The van der Waals surface area contributed by atoms with Gasteiger partial charge in [0.05, 0.1) is 6.61 Å². The van der Waals surface area contributed by atoms with E-state index in [4.69, 9.17) is 4.74 Å². The van der Waals surface area contributed by atoms with Gasteiger partial charge in [0.25, 0.3) is 0 Å². The highest BCUT2D eigenvalue weighted by molar-refractivity contribution is 6.28. The van der Waals surface area contributed by atoms with Crippen LogP contribution in [-0.4, -0.2) is 18.4 Å². The van der Waals surface area contributed by atoms with Crippen molar-refractivity contribution in [2.75, 3.05) is 6.61 Å². The predicted octanol–water partition coefficient (Wildman–Crippen LogP) is 3.72. The molecule has 0 aromatic heterocycles. The van der Waals surface area contributed by atoms with E-state index in [2.05, 4.69) is 13.2 Å². The summed E-state index contributed by atoms with van der Waals surface area (Å²) in [5, 5.41) is 0. The predicted molar refractivity (Wildman–Crippen MR) is 84.6 cm³/mol. The number of ketones is 1. The lowest BCUT2D eigenvalue weighted by molar-refractivity contribution is -0.141. The molecule has 0 aliphatic heterocycles. The largest absolute Gasteiger partial charge is 0.466 e. The molecule has 0 radical (unpaired) electrons. The van der Waals surface area contributed by atoms with Gasteiger partial charge in [-0.15, -0.1) is 6.58 Å². The quantitative estimate of drug-likeness (QED) is 0.415. The monoisotopic (exact) mass is 284 g/mol. The van der Waals surface area contributed by atoms with Gasteiger partial charge in [-0.05, 0) is 17.6 Å². The summed E-state index contributed by atoms with van der Waals surface area (Å²) < 4.78 is 4.84. The zero-order valence-electron chi connectivity index (χ0n) is 12.3. The van der Waals surface area contributed by atoms with Crippen molar-refractivity contribution in [2.45, 2.75) is 19.8 Å². The van der Waals surface area contributed by atoms with Gasteiger partial charge < -0.3 is 4.74 Å². The Labute approximate surface area is 125 Å². The Balaban J connectivity index is 2.84. The summed E-state index contributed by atoms with van der Waals surface area (Å²) in [7, 11) is 0. The number of allylic oxidation sites excluding steroid dienone is 3. The van der Waals surface area contributed by atoms with Gasteiger partial charge in [-0.2, -0.15) is 0 Å². The second kappa shape index (κ2) is 8.69. The van der Waals surface area contributed by atoms with Crippen LogP contribution in [0.5, 0.6) is 0 Å². The molecule has 0 heterocycles. The van der Waals surface area contributed by atoms with Gasteiger partial charge in [-0.1, -0.05) is 49.1 Å². The summed E-state index contributed by atoms with van der Waals surface area (Å²) in [4.78, 5) is 23.2. The van der Waals surface area contributed by atoms with Crippen LogP contribution in [0, 0.1) is 0 Å². The second-order valence-corrected chi connectivity index (χ2v) is 4.53. The van der Waals surface area contributed by atoms with Crippen molar-refractivity contribution in [2.24, 2.45) is 0 Å². The van der Waals surface area contributed by atoms with Crippen LogP contribution < -0.4 is 0 Å². The fourth-order valence-corrected chi connectivity index (χ4v) is 1.78. The van der Waals surface area contributed by atoms with E-state index in [0.717, 1.165) is 5.56 Å². The molecule has 0 saturated heterocycles. The summed E-state index contributed by atoms with van der Waals surface area (Å²) in [5.74, 6) is -0.490. The van der Waals surface area contributed by atoms with E-state index in [-0.39, 0.29) is 18.4 Å². The lowest BCUT2D eigenvalue weighted by atomic mass is 9.95. The molecule has 0 aliphatic rings. The summed E-state index contributed by atoms with van der Waals surface area (Å²) in [6.07, 6.45) is 4.50. The first-order valence-corrected chi connectivity index (χ1v) is 6.78. The number of carbonyl (C=O) groups is 2. The van der Waals surface area contributed by atoms with Crippen molar-refractivity contribution in [1.82, 2.24) is 0 Å². The summed E-state index contributed by atoms with van der Waals surface area (Å²) in [6, 6.07) is 9.42. The normalized spacial score (nSPS) is 10.8. The Hall–Kier alpha value is -2.42. The number of benzene rings is 1. The maximum absolute atomic E-state index is 12.5. The molecule has 0 aliphatic carbocycles. The highest BCUT2D eigenvalue weighted by Crippen LogP contribution is 2.20. The van der Waals surface area contributed by atoms with Crippen molar-refractivity contribution in [3.05, 3.63) is 66.8 Å². The van der Waals surface area contributed by atoms with Crippen molar-refractivity contribution in [3.8, 4) is 0 Å². The second-order valence-electron chi connectivity index (χ2n) is 4.53. The van der Waals surface area contributed by atoms with Crippen molar-refractivity contribution < 1.29 is 14.3 Å². The van der Waals surface area contributed by atoms with E-state index in [0.29, 0.717) is 24.0 Å². The maximum atomic E-state index is 12.5. The third-order valence-corrected chi connectivity index (χ3v) is 2.85. The van der Waals surface area contributed by atoms with Gasteiger partial charge in [0.2, 0.25) is 0 Å². The number of Topliss-reactive ketones (excluding diaryl/α,β-unsaturated/α-hetero) is 1. The summed E-state index contributed by atoms with van der Waals surface area (Å²) >= 11 is 0. The number of hydrogen-bond donors (Lipinski definition) is 0.